The molecule has 0 spiro atoms. The third-order valence-corrected chi connectivity index (χ3v) is 2.09. The number of aliphatic hydroxyl groups excluding tert-OH is 2. The van der Waals surface area contributed by atoms with E-state index < -0.39 is 18.5 Å². The molecule has 3 unspecified atom stereocenters. The zero-order chi connectivity index (χ0) is 8.43. The van der Waals surface area contributed by atoms with Crippen LogP contribution in [0.25, 0.3) is 0 Å². The van der Waals surface area contributed by atoms with Crippen LogP contribution in [0.1, 0.15) is 13.3 Å². The van der Waals surface area contributed by atoms with Crippen molar-refractivity contribution in [2.24, 2.45) is 0 Å². The van der Waals surface area contributed by atoms with Gasteiger partial charge in [0.2, 0.25) is 0 Å². The molecule has 0 aromatic rings. The van der Waals surface area contributed by atoms with E-state index in [-0.39, 0.29) is 6.10 Å². The highest BCUT2D eigenvalue weighted by Crippen LogP contribution is 2.21. The third kappa shape index (κ3) is 2.10. The molecule has 2 N–H and O–H groups in total. The van der Waals surface area contributed by atoms with Gasteiger partial charge in [-0.25, -0.2) is 0 Å². The largest absolute Gasteiger partial charge is 0.390 e. The minimum Gasteiger partial charge on any atom is -0.390 e. The number of hydrogen-bond donors (Lipinski definition) is 2. The molecule has 4 nitrogen and oxygen atoms in total. The van der Waals surface area contributed by atoms with E-state index in [9.17, 15) is 10.2 Å². The van der Waals surface area contributed by atoms with Crippen molar-refractivity contribution >= 4 is 9.47 Å². The first-order valence-electron chi connectivity index (χ1n) is 3.52. The van der Waals surface area contributed by atoms with Gasteiger partial charge in [-0.15, -0.1) is 0 Å². The van der Waals surface area contributed by atoms with Gasteiger partial charge >= 0.3 is 0 Å². The first-order chi connectivity index (χ1) is 5.15. The normalized spacial score (nSPS) is 45.8. The Bertz CT molecular complexity index is 132. The first kappa shape index (κ1) is 9.36. The van der Waals surface area contributed by atoms with Crippen LogP contribution in [-0.2, 0) is 9.26 Å². The lowest BCUT2D eigenvalue weighted by molar-refractivity contribution is -0.224. The van der Waals surface area contributed by atoms with Gasteiger partial charge in [-0.2, -0.15) is 0 Å². The summed E-state index contributed by atoms with van der Waals surface area (Å²) in [4.78, 5) is 0. The Balaban J connectivity index is 2.48. The van der Waals surface area contributed by atoms with Crippen molar-refractivity contribution < 1.29 is 19.5 Å². The second kappa shape index (κ2) is 3.78. The molecule has 0 aromatic carbocycles. The Morgan fingerprint density at radius 3 is 2.64 bits per heavy atom. The van der Waals surface area contributed by atoms with Crippen LogP contribution in [0.15, 0.2) is 0 Å². The van der Waals surface area contributed by atoms with Gasteiger partial charge in [0.1, 0.15) is 6.10 Å². The maximum atomic E-state index is 9.23. The number of rotatable bonds is 1. The van der Waals surface area contributed by atoms with E-state index >= 15 is 0 Å². The number of aliphatic hydroxyl groups is 2. The monoisotopic (exact) mass is 180 g/mol. The smallest absolute Gasteiger partial charge is 0.186 e. The van der Waals surface area contributed by atoms with Gasteiger partial charge in [0, 0.05) is 15.9 Å². The molecular formula is C6H13O4P. The lowest BCUT2D eigenvalue weighted by Crippen LogP contribution is -2.45. The topological polar surface area (TPSA) is 58.9 Å². The zero-order valence-corrected chi connectivity index (χ0v) is 7.46. The van der Waals surface area contributed by atoms with Gasteiger partial charge < -0.3 is 19.5 Å². The molecule has 1 rings (SSSR count). The molecule has 1 saturated heterocycles. The van der Waals surface area contributed by atoms with Crippen molar-refractivity contribution in [2.75, 3.05) is 0 Å². The van der Waals surface area contributed by atoms with Crippen molar-refractivity contribution in [1.82, 2.24) is 0 Å². The summed E-state index contributed by atoms with van der Waals surface area (Å²) in [5.74, 6) is 0. The van der Waals surface area contributed by atoms with E-state index in [1.165, 1.54) is 0 Å². The quantitative estimate of drug-likeness (QED) is 0.541. The van der Waals surface area contributed by atoms with E-state index in [1.807, 2.05) is 9.47 Å². The molecule has 0 aromatic heterocycles. The van der Waals surface area contributed by atoms with Crippen LogP contribution < -0.4 is 0 Å². The van der Waals surface area contributed by atoms with Crippen molar-refractivity contribution in [3.63, 3.8) is 0 Å². The van der Waals surface area contributed by atoms with E-state index in [1.54, 1.807) is 6.92 Å². The summed E-state index contributed by atoms with van der Waals surface area (Å²) in [6, 6.07) is 0. The predicted octanol–water partition coefficient (Wildman–Crippen LogP) is -0.350. The van der Waals surface area contributed by atoms with Crippen LogP contribution in [0, 0.1) is 0 Å². The lowest BCUT2D eigenvalue weighted by atomic mass is 10.0. The molecule has 1 fully saturated rings. The van der Waals surface area contributed by atoms with Crippen LogP contribution in [0.5, 0.6) is 0 Å². The molecule has 0 aliphatic carbocycles. The lowest BCUT2D eigenvalue weighted by Gasteiger charge is -2.34. The molecule has 5 heteroatoms. The molecule has 1 aliphatic rings. The van der Waals surface area contributed by atoms with Crippen LogP contribution in [0.2, 0.25) is 0 Å². The fourth-order valence-corrected chi connectivity index (χ4v) is 1.31. The van der Waals surface area contributed by atoms with E-state index in [2.05, 4.69) is 0 Å². The minimum atomic E-state index is -0.737. The molecular weight excluding hydrogens is 167 g/mol. The minimum absolute atomic E-state index is 0.274. The van der Waals surface area contributed by atoms with Crippen LogP contribution in [0.4, 0.5) is 0 Å². The summed E-state index contributed by atoms with van der Waals surface area (Å²) in [6.07, 6.45) is -1.93. The average molecular weight is 180 g/mol. The Morgan fingerprint density at radius 2 is 2.09 bits per heavy atom. The molecule has 0 saturated carbocycles. The summed E-state index contributed by atoms with van der Waals surface area (Å²) in [7, 11) is 2.03. The van der Waals surface area contributed by atoms with Gasteiger partial charge in [0.25, 0.3) is 0 Å². The number of hydrogen-bond acceptors (Lipinski definition) is 4. The molecule has 0 bridgehead atoms. The summed E-state index contributed by atoms with van der Waals surface area (Å²) >= 11 is 0. The Kier molecular flexibility index (Phi) is 3.22. The Morgan fingerprint density at radius 1 is 1.45 bits per heavy atom. The maximum Gasteiger partial charge on any atom is 0.186 e. The van der Waals surface area contributed by atoms with Crippen LogP contribution in [-0.4, -0.2) is 34.8 Å². The molecule has 11 heavy (non-hydrogen) atoms. The van der Waals surface area contributed by atoms with Crippen molar-refractivity contribution in [3.05, 3.63) is 0 Å². The zero-order valence-electron chi connectivity index (χ0n) is 6.30. The highest BCUT2D eigenvalue weighted by Gasteiger charge is 2.33. The van der Waals surface area contributed by atoms with E-state index in [0.717, 1.165) is 0 Å². The van der Waals surface area contributed by atoms with Gasteiger partial charge in [-0.05, 0) is 6.92 Å². The molecule has 0 amide bonds. The van der Waals surface area contributed by atoms with Crippen molar-refractivity contribution in [2.45, 2.75) is 37.9 Å². The van der Waals surface area contributed by atoms with Gasteiger partial charge in [0.15, 0.2) is 6.29 Å². The number of ether oxygens (including phenoxy) is 1. The predicted molar refractivity (Wildman–Crippen MR) is 41.8 cm³/mol. The second-order valence-electron chi connectivity index (χ2n) is 2.72. The Labute approximate surface area is 67.8 Å². The van der Waals surface area contributed by atoms with Gasteiger partial charge in [-0.3, -0.25) is 0 Å². The Hall–Kier alpha value is 0.270. The maximum absolute atomic E-state index is 9.23. The van der Waals surface area contributed by atoms with Crippen molar-refractivity contribution in [3.8, 4) is 0 Å². The standard InChI is InChI=1S/C6H13O4P/c1-3-4(7)2-5(8)6(9-3)10-11/h3-8H,2,11H2,1H3/t3-,4?,5+,6?/m0/s1. The molecule has 0 radical (unpaired) electrons. The molecule has 66 valence electrons. The van der Waals surface area contributed by atoms with Crippen molar-refractivity contribution in [1.29, 1.82) is 0 Å². The summed E-state index contributed by atoms with van der Waals surface area (Å²) in [5, 5.41) is 18.4. The fourth-order valence-electron chi connectivity index (χ4n) is 1.07. The summed E-state index contributed by atoms with van der Waals surface area (Å²) in [6.45, 7) is 1.74. The SMILES string of the molecule is C[C@@H]1OC(OP)[C@H](O)CC1O. The third-order valence-electron chi connectivity index (χ3n) is 1.82. The highest BCUT2D eigenvalue weighted by atomic mass is 31.0. The van der Waals surface area contributed by atoms with Gasteiger partial charge in [0.05, 0.1) is 12.2 Å². The molecule has 1 heterocycles. The van der Waals surface area contributed by atoms with E-state index in [0.29, 0.717) is 6.42 Å². The van der Waals surface area contributed by atoms with Gasteiger partial charge in [-0.1, -0.05) is 0 Å². The van der Waals surface area contributed by atoms with E-state index in [4.69, 9.17) is 9.26 Å². The second-order valence-corrected chi connectivity index (χ2v) is 2.99. The molecule has 1 aliphatic heterocycles. The fraction of sp³-hybridized carbons (Fsp3) is 1.00. The summed E-state index contributed by atoms with van der Waals surface area (Å²) in [5.41, 5.74) is 0. The molecule has 5 atom stereocenters. The summed E-state index contributed by atoms with van der Waals surface area (Å²) < 4.78 is 9.87. The highest BCUT2D eigenvalue weighted by molar-refractivity contribution is 7.09. The average Bonchev–Trinajstić information content (AvgIpc) is 1.97. The first-order valence-corrected chi connectivity index (χ1v) is 3.99. The van der Waals surface area contributed by atoms with Crippen LogP contribution >= 0.6 is 9.47 Å². The van der Waals surface area contributed by atoms with Crippen LogP contribution in [0.3, 0.4) is 0 Å².